The lowest BCUT2D eigenvalue weighted by molar-refractivity contribution is -0.120. The number of carbonyl (C=O) groups is 1. The Balaban J connectivity index is 1.40. The Morgan fingerprint density at radius 2 is 1.90 bits per heavy atom. The van der Waals surface area contributed by atoms with Gasteiger partial charge in [-0.15, -0.1) is 11.3 Å². The maximum Gasteiger partial charge on any atom is 0.336 e. The van der Waals surface area contributed by atoms with Crippen LogP contribution in [0.4, 0.5) is 5.69 Å². The van der Waals surface area contributed by atoms with Crippen molar-refractivity contribution in [2.24, 2.45) is 5.92 Å². The standard InChI is InChI=1S/C19H17BrN2O5S2/c20-16-4-6-18(28-16)29(25,26)22-9-7-12(8-10-22)19(24)21-14-2-3-15-13(11-14)1-5-17(23)27-15/h1-6,11-12H,7-10H2,(H,21,24). The van der Waals surface area contributed by atoms with Crippen molar-refractivity contribution in [2.45, 2.75) is 17.1 Å². The third-order valence-corrected chi connectivity index (χ3v) is 8.84. The van der Waals surface area contributed by atoms with Gasteiger partial charge in [-0.1, -0.05) is 0 Å². The van der Waals surface area contributed by atoms with Gasteiger partial charge in [0.15, 0.2) is 0 Å². The monoisotopic (exact) mass is 496 g/mol. The first-order valence-electron chi connectivity index (χ1n) is 8.93. The molecule has 1 N–H and O–H groups in total. The number of piperidine rings is 1. The molecule has 0 spiro atoms. The van der Waals surface area contributed by atoms with E-state index in [-0.39, 0.29) is 11.8 Å². The Hall–Kier alpha value is -2.01. The second-order valence-electron chi connectivity index (χ2n) is 6.73. The lowest BCUT2D eigenvalue weighted by atomic mass is 9.97. The summed E-state index contributed by atoms with van der Waals surface area (Å²) in [6, 6.07) is 11.3. The summed E-state index contributed by atoms with van der Waals surface area (Å²) in [5.41, 5.74) is 0.634. The first kappa shape index (κ1) is 20.3. The molecule has 1 aromatic carbocycles. The van der Waals surface area contributed by atoms with Crippen LogP contribution >= 0.6 is 27.3 Å². The fourth-order valence-corrected chi connectivity index (χ4v) is 6.95. The second-order valence-corrected chi connectivity index (χ2v) is 11.4. The Morgan fingerprint density at radius 1 is 1.14 bits per heavy atom. The Morgan fingerprint density at radius 3 is 2.59 bits per heavy atom. The minimum absolute atomic E-state index is 0.141. The van der Waals surface area contributed by atoms with Crippen LogP contribution in [-0.4, -0.2) is 31.7 Å². The number of hydrogen-bond donors (Lipinski definition) is 1. The molecule has 1 saturated heterocycles. The molecule has 10 heteroatoms. The number of nitrogens with zero attached hydrogens (tertiary/aromatic N) is 1. The zero-order chi connectivity index (χ0) is 20.6. The molecular formula is C19H17BrN2O5S2. The van der Waals surface area contributed by atoms with E-state index in [1.165, 1.54) is 21.7 Å². The highest BCUT2D eigenvalue weighted by atomic mass is 79.9. The van der Waals surface area contributed by atoms with E-state index in [9.17, 15) is 18.0 Å². The van der Waals surface area contributed by atoms with Gasteiger partial charge in [0, 0.05) is 36.1 Å². The largest absolute Gasteiger partial charge is 0.423 e. The molecule has 0 radical (unpaired) electrons. The number of amides is 1. The zero-order valence-electron chi connectivity index (χ0n) is 15.1. The van der Waals surface area contributed by atoms with Crippen LogP contribution in [0.5, 0.6) is 0 Å². The Kier molecular flexibility index (Phi) is 5.60. The van der Waals surface area contributed by atoms with E-state index in [1.807, 2.05) is 0 Å². The van der Waals surface area contributed by atoms with Gasteiger partial charge in [0.2, 0.25) is 5.91 Å². The minimum Gasteiger partial charge on any atom is -0.423 e. The maximum absolute atomic E-state index is 12.7. The van der Waals surface area contributed by atoms with E-state index in [4.69, 9.17) is 4.42 Å². The molecule has 0 atom stereocenters. The van der Waals surface area contributed by atoms with Crippen LogP contribution in [0, 0.1) is 5.92 Å². The molecule has 1 fully saturated rings. The van der Waals surface area contributed by atoms with Gasteiger partial charge in [-0.3, -0.25) is 4.79 Å². The Bertz CT molecular complexity index is 1230. The third-order valence-electron chi connectivity index (χ3n) is 4.85. The molecule has 1 aliphatic rings. The van der Waals surface area contributed by atoms with Gasteiger partial charge in [0.1, 0.15) is 9.79 Å². The van der Waals surface area contributed by atoms with Crippen LogP contribution in [0.15, 0.2) is 59.7 Å². The molecule has 7 nitrogen and oxygen atoms in total. The highest BCUT2D eigenvalue weighted by molar-refractivity contribution is 9.11. The third kappa shape index (κ3) is 4.30. The van der Waals surface area contributed by atoms with Crippen molar-refractivity contribution in [3.63, 3.8) is 0 Å². The van der Waals surface area contributed by atoms with Crippen molar-refractivity contribution in [1.29, 1.82) is 0 Å². The molecule has 1 amide bonds. The molecule has 4 rings (SSSR count). The van der Waals surface area contributed by atoms with Crippen LogP contribution in [0.2, 0.25) is 0 Å². The van der Waals surface area contributed by atoms with E-state index >= 15 is 0 Å². The molecule has 0 unspecified atom stereocenters. The van der Waals surface area contributed by atoms with Gasteiger partial charge in [-0.25, -0.2) is 13.2 Å². The predicted octanol–water partition coefficient (Wildman–Crippen LogP) is 3.66. The lowest BCUT2D eigenvalue weighted by Gasteiger charge is -2.30. The number of fused-ring (bicyclic) bond motifs is 1. The number of anilines is 1. The minimum atomic E-state index is -3.52. The fourth-order valence-electron chi connectivity index (χ4n) is 3.32. The molecule has 3 aromatic rings. The van der Waals surface area contributed by atoms with Crippen molar-refractivity contribution in [3.05, 3.63) is 56.7 Å². The molecule has 152 valence electrons. The first-order chi connectivity index (χ1) is 13.8. The molecule has 0 saturated carbocycles. The van der Waals surface area contributed by atoms with Crippen LogP contribution in [0.1, 0.15) is 12.8 Å². The molecule has 0 aliphatic carbocycles. The number of sulfonamides is 1. The van der Waals surface area contributed by atoms with Crippen molar-refractivity contribution in [3.8, 4) is 0 Å². The molecule has 29 heavy (non-hydrogen) atoms. The maximum atomic E-state index is 12.7. The molecule has 1 aliphatic heterocycles. The van der Waals surface area contributed by atoms with Crippen molar-refractivity contribution >= 4 is 59.9 Å². The first-order valence-corrected chi connectivity index (χ1v) is 12.0. The summed E-state index contributed by atoms with van der Waals surface area (Å²) in [6.45, 7) is 0.609. The fraction of sp³-hybridized carbons (Fsp3) is 0.263. The van der Waals surface area contributed by atoms with Gasteiger partial charge >= 0.3 is 5.63 Å². The molecular weight excluding hydrogens is 480 g/mol. The number of rotatable bonds is 4. The van der Waals surface area contributed by atoms with E-state index in [0.29, 0.717) is 46.8 Å². The summed E-state index contributed by atoms with van der Waals surface area (Å²) in [4.78, 5) is 23.9. The average Bonchev–Trinajstić information content (AvgIpc) is 3.15. The predicted molar refractivity (Wildman–Crippen MR) is 115 cm³/mol. The topological polar surface area (TPSA) is 96.7 Å². The van der Waals surface area contributed by atoms with Crippen LogP contribution in [-0.2, 0) is 14.8 Å². The van der Waals surface area contributed by atoms with Gasteiger partial charge in [-0.05, 0) is 65.2 Å². The Labute approximate surface area is 179 Å². The van der Waals surface area contributed by atoms with Crippen LogP contribution < -0.4 is 10.9 Å². The molecule has 3 heterocycles. The number of carbonyl (C=O) groups excluding carboxylic acids is 1. The van der Waals surface area contributed by atoms with Crippen molar-refractivity contribution in [2.75, 3.05) is 18.4 Å². The smallest absolute Gasteiger partial charge is 0.336 e. The molecule has 2 aromatic heterocycles. The van der Waals surface area contributed by atoms with E-state index in [1.54, 1.807) is 36.4 Å². The number of benzene rings is 1. The summed E-state index contributed by atoms with van der Waals surface area (Å²) in [6.07, 6.45) is 0.917. The van der Waals surface area contributed by atoms with Crippen LogP contribution in [0.3, 0.4) is 0 Å². The highest BCUT2D eigenvalue weighted by Crippen LogP contribution is 2.31. The van der Waals surface area contributed by atoms with Crippen molar-refractivity contribution < 1.29 is 17.6 Å². The zero-order valence-corrected chi connectivity index (χ0v) is 18.3. The van der Waals surface area contributed by atoms with E-state index in [2.05, 4.69) is 21.2 Å². The van der Waals surface area contributed by atoms with Gasteiger partial charge in [0.25, 0.3) is 10.0 Å². The molecule has 0 bridgehead atoms. The lowest BCUT2D eigenvalue weighted by Crippen LogP contribution is -2.41. The number of halogens is 1. The normalized spacial score (nSPS) is 16.2. The second kappa shape index (κ2) is 8.02. The summed E-state index contributed by atoms with van der Waals surface area (Å²) in [7, 11) is -3.52. The van der Waals surface area contributed by atoms with Gasteiger partial charge in [-0.2, -0.15) is 4.31 Å². The van der Waals surface area contributed by atoms with Gasteiger partial charge < -0.3 is 9.73 Å². The number of nitrogens with one attached hydrogen (secondary N) is 1. The quantitative estimate of drug-likeness (QED) is 0.555. The average molecular weight is 497 g/mol. The van der Waals surface area contributed by atoms with Gasteiger partial charge in [0.05, 0.1) is 3.79 Å². The van der Waals surface area contributed by atoms with E-state index < -0.39 is 15.6 Å². The summed E-state index contributed by atoms with van der Waals surface area (Å²) in [5.74, 6) is -0.404. The number of thiophene rings is 1. The highest BCUT2D eigenvalue weighted by Gasteiger charge is 2.32. The number of hydrogen-bond acceptors (Lipinski definition) is 6. The van der Waals surface area contributed by atoms with Crippen LogP contribution in [0.25, 0.3) is 11.0 Å². The summed E-state index contributed by atoms with van der Waals surface area (Å²) in [5, 5.41) is 3.59. The summed E-state index contributed by atoms with van der Waals surface area (Å²) < 4.78 is 33.0. The van der Waals surface area contributed by atoms with Crippen molar-refractivity contribution in [1.82, 2.24) is 4.31 Å². The summed E-state index contributed by atoms with van der Waals surface area (Å²) >= 11 is 4.47. The SMILES string of the molecule is O=C(Nc1ccc2oc(=O)ccc2c1)C1CCN(S(=O)(=O)c2ccc(Br)s2)CC1. The van der Waals surface area contributed by atoms with E-state index in [0.717, 1.165) is 3.79 Å².